The maximum atomic E-state index is 12.0. The van der Waals surface area contributed by atoms with Crippen LogP contribution >= 0.6 is 11.8 Å². The van der Waals surface area contributed by atoms with E-state index in [0.717, 1.165) is 6.61 Å². The number of carbonyl (C=O) groups is 1. The van der Waals surface area contributed by atoms with Gasteiger partial charge in [-0.05, 0) is 24.4 Å². The molecule has 0 unspecified atom stereocenters. The van der Waals surface area contributed by atoms with Crippen molar-refractivity contribution in [3.05, 3.63) is 12.2 Å². The van der Waals surface area contributed by atoms with Gasteiger partial charge < -0.3 is 4.43 Å². The van der Waals surface area contributed by atoms with Crippen molar-refractivity contribution >= 4 is 25.9 Å². The average molecular weight is 299 g/mol. The Morgan fingerprint density at radius 2 is 2.05 bits per heavy atom. The minimum atomic E-state index is -1.74. The largest absolute Gasteiger partial charge is 0.415 e. The highest BCUT2D eigenvalue weighted by Gasteiger charge is 2.56. The molecule has 0 saturated heterocycles. The molecule has 2 bridgehead atoms. The van der Waals surface area contributed by atoms with Crippen molar-refractivity contribution < 1.29 is 9.22 Å². The second kappa shape index (κ2) is 4.74. The van der Waals surface area contributed by atoms with E-state index < -0.39 is 8.32 Å². The first-order chi connectivity index (χ1) is 8.64. The van der Waals surface area contributed by atoms with Crippen LogP contribution in [-0.2, 0) is 9.22 Å². The van der Waals surface area contributed by atoms with Crippen LogP contribution in [0, 0.1) is 11.8 Å². The maximum Gasteiger partial charge on any atom is 0.192 e. The Labute approximate surface area is 122 Å². The molecular weight excluding hydrogens is 272 g/mol. The van der Waals surface area contributed by atoms with Crippen molar-refractivity contribution in [2.24, 2.45) is 11.8 Å². The second-order valence-electron chi connectivity index (χ2n) is 7.35. The molecule has 2 rings (SSSR count). The normalized spacial score (nSPS) is 34.3. The minimum Gasteiger partial charge on any atom is -0.415 e. The monoisotopic (exact) mass is 298 g/mol. The zero-order valence-corrected chi connectivity index (χ0v) is 14.8. The van der Waals surface area contributed by atoms with Gasteiger partial charge in [-0.1, -0.05) is 32.9 Å². The van der Waals surface area contributed by atoms with E-state index in [-0.39, 0.29) is 15.7 Å². The molecule has 1 saturated carbocycles. The molecule has 2 aliphatic carbocycles. The molecule has 0 aromatic carbocycles. The molecular formula is C15H26O2SSi. The number of rotatable bonds is 4. The molecule has 0 aromatic heterocycles. The van der Waals surface area contributed by atoms with E-state index in [1.54, 1.807) is 0 Å². The fourth-order valence-electron chi connectivity index (χ4n) is 2.81. The average Bonchev–Trinajstić information content (AvgIpc) is 2.76. The standard InChI is InChI=1S/C15H26O2SSi/c1-14(2,3)19(5,6)17-10-15(18-4)11-7-8-12(15)13(16)9-11/h7-8,11-12H,9-10H2,1-6H3/t11-,12-,15-/m0/s1. The lowest BCUT2D eigenvalue weighted by Gasteiger charge is -2.41. The number of allylic oxidation sites excluding steroid dienone is 2. The third kappa shape index (κ3) is 2.36. The Balaban J connectivity index is 2.13. The van der Waals surface area contributed by atoms with Crippen molar-refractivity contribution in [1.82, 2.24) is 0 Å². The first kappa shape index (κ1) is 15.3. The number of thioether (sulfide) groups is 1. The van der Waals surface area contributed by atoms with Crippen LogP contribution in [0.15, 0.2) is 12.2 Å². The number of fused-ring (bicyclic) bond motifs is 2. The highest BCUT2D eigenvalue weighted by atomic mass is 32.2. The van der Waals surface area contributed by atoms with Gasteiger partial charge in [0.1, 0.15) is 5.78 Å². The number of hydrogen-bond donors (Lipinski definition) is 0. The van der Waals surface area contributed by atoms with Crippen LogP contribution in [0.2, 0.25) is 18.1 Å². The Morgan fingerprint density at radius 3 is 2.42 bits per heavy atom. The number of Topliss-reactive ketones (excluding diaryl/α,β-unsaturated/α-hetero) is 1. The predicted octanol–water partition coefficient (Wildman–Crippen LogP) is 3.89. The summed E-state index contributed by atoms with van der Waals surface area (Å²) in [4.78, 5) is 12.0. The van der Waals surface area contributed by atoms with E-state index in [2.05, 4.69) is 52.3 Å². The minimum absolute atomic E-state index is 0.0212. The van der Waals surface area contributed by atoms with Crippen LogP contribution in [0.4, 0.5) is 0 Å². The molecule has 0 radical (unpaired) electrons. The van der Waals surface area contributed by atoms with Gasteiger partial charge in [0.2, 0.25) is 0 Å². The van der Waals surface area contributed by atoms with E-state index in [0.29, 0.717) is 18.1 Å². The fourth-order valence-corrected chi connectivity index (χ4v) is 5.05. The molecule has 0 amide bonds. The van der Waals surface area contributed by atoms with E-state index in [1.165, 1.54) is 0 Å². The highest BCUT2D eigenvalue weighted by Crippen LogP contribution is 2.53. The third-order valence-electron chi connectivity index (χ3n) is 5.30. The summed E-state index contributed by atoms with van der Waals surface area (Å²) in [5, 5.41) is 0.224. The van der Waals surface area contributed by atoms with Crippen LogP contribution in [0.1, 0.15) is 27.2 Å². The van der Waals surface area contributed by atoms with E-state index in [4.69, 9.17) is 4.43 Å². The lowest BCUT2D eigenvalue weighted by Crippen LogP contribution is -2.47. The molecule has 3 atom stereocenters. The molecule has 108 valence electrons. The first-order valence-electron chi connectivity index (χ1n) is 7.04. The molecule has 1 fully saturated rings. The van der Waals surface area contributed by atoms with Crippen molar-refractivity contribution in [2.75, 3.05) is 12.9 Å². The van der Waals surface area contributed by atoms with Gasteiger partial charge in [0.25, 0.3) is 0 Å². The third-order valence-corrected chi connectivity index (χ3v) is 11.2. The van der Waals surface area contributed by atoms with Gasteiger partial charge in [-0.2, -0.15) is 11.8 Å². The lowest BCUT2D eigenvalue weighted by molar-refractivity contribution is -0.120. The molecule has 0 aliphatic heterocycles. The molecule has 19 heavy (non-hydrogen) atoms. The van der Waals surface area contributed by atoms with Crippen LogP contribution in [0.3, 0.4) is 0 Å². The Morgan fingerprint density at radius 1 is 1.42 bits per heavy atom. The summed E-state index contributed by atoms with van der Waals surface area (Å²) in [7, 11) is -1.74. The van der Waals surface area contributed by atoms with Gasteiger partial charge >= 0.3 is 0 Å². The molecule has 2 nitrogen and oxygen atoms in total. The number of ketones is 1. The lowest BCUT2D eigenvalue weighted by atomic mass is 9.96. The molecule has 0 heterocycles. The summed E-state index contributed by atoms with van der Waals surface area (Å²) in [6.07, 6.45) is 7.18. The van der Waals surface area contributed by atoms with Crippen molar-refractivity contribution in [2.45, 2.75) is 50.1 Å². The predicted molar refractivity (Wildman–Crippen MR) is 85.1 cm³/mol. The molecule has 4 heteroatoms. The summed E-state index contributed by atoms with van der Waals surface area (Å²) >= 11 is 1.83. The van der Waals surface area contributed by atoms with E-state index in [9.17, 15) is 4.79 Å². The Kier molecular flexibility index (Phi) is 3.83. The smallest absolute Gasteiger partial charge is 0.192 e. The quantitative estimate of drug-likeness (QED) is 0.582. The van der Waals surface area contributed by atoms with Gasteiger partial charge in [0.05, 0.1) is 17.3 Å². The summed E-state index contributed by atoms with van der Waals surface area (Å²) in [6.45, 7) is 12.1. The van der Waals surface area contributed by atoms with Gasteiger partial charge in [-0.25, -0.2) is 0 Å². The van der Waals surface area contributed by atoms with Crippen molar-refractivity contribution in [3.8, 4) is 0 Å². The van der Waals surface area contributed by atoms with Gasteiger partial charge in [-0.15, -0.1) is 0 Å². The van der Waals surface area contributed by atoms with Crippen LogP contribution in [0.25, 0.3) is 0 Å². The Hall–Kier alpha value is -0.0631. The summed E-state index contributed by atoms with van der Waals surface area (Å²) in [5.74, 6) is 0.864. The van der Waals surface area contributed by atoms with Gasteiger partial charge in [0.15, 0.2) is 8.32 Å². The molecule has 2 aliphatic rings. The zero-order chi connectivity index (χ0) is 14.5. The fraction of sp³-hybridized carbons (Fsp3) is 0.800. The van der Waals surface area contributed by atoms with Crippen molar-refractivity contribution in [3.63, 3.8) is 0 Å². The van der Waals surface area contributed by atoms with E-state index >= 15 is 0 Å². The summed E-state index contributed by atoms with van der Waals surface area (Å²) < 4.78 is 6.41. The first-order valence-corrected chi connectivity index (χ1v) is 11.2. The topological polar surface area (TPSA) is 26.3 Å². The Bertz CT molecular complexity index is 411. The SMILES string of the molecule is CS[C@@]1(CO[Si](C)(C)C(C)(C)C)[C@H]2C=C[C@H]1C(=O)C2. The summed E-state index contributed by atoms with van der Waals surface area (Å²) in [6, 6.07) is 0. The van der Waals surface area contributed by atoms with Crippen LogP contribution < -0.4 is 0 Å². The molecule has 0 aromatic rings. The highest BCUT2D eigenvalue weighted by molar-refractivity contribution is 8.00. The van der Waals surface area contributed by atoms with Crippen molar-refractivity contribution in [1.29, 1.82) is 0 Å². The van der Waals surface area contributed by atoms with E-state index in [1.807, 2.05) is 11.8 Å². The molecule has 0 spiro atoms. The van der Waals surface area contributed by atoms with Crippen LogP contribution in [-0.4, -0.2) is 31.7 Å². The second-order valence-corrected chi connectivity index (χ2v) is 13.3. The molecule has 0 N–H and O–H groups in total. The number of carbonyl (C=O) groups excluding carboxylic acids is 1. The van der Waals surface area contributed by atoms with Crippen LogP contribution in [0.5, 0.6) is 0 Å². The maximum absolute atomic E-state index is 12.0. The summed E-state index contributed by atoms with van der Waals surface area (Å²) in [5.41, 5.74) is 0. The van der Waals surface area contributed by atoms with Gasteiger partial charge in [-0.3, -0.25) is 4.79 Å². The van der Waals surface area contributed by atoms with Gasteiger partial charge in [0, 0.05) is 12.3 Å². The number of hydrogen-bond acceptors (Lipinski definition) is 3. The zero-order valence-electron chi connectivity index (χ0n) is 12.9.